The Morgan fingerprint density at radius 2 is 1.93 bits per heavy atom. The number of benzene rings is 2. The molecule has 1 aliphatic carbocycles. The van der Waals surface area contributed by atoms with Crippen molar-refractivity contribution < 1.29 is 20.1 Å². The molecule has 6 heteroatoms. The predicted molar refractivity (Wildman–Crippen MR) is 116 cm³/mol. The lowest BCUT2D eigenvalue weighted by Gasteiger charge is -2.26. The van der Waals surface area contributed by atoms with E-state index in [1.54, 1.807) is 12.1 Å². The number of rotatable bonds is 10. The summed E-state index contributed by atoms with van der Waals surface area (Å²) in [5.41, 5.74) is 3.21. The zero-order chi connectivity index (χ0) is 21.5. The van der Waals surface area contributed by atoms with Crippen LogP contribution in [0.5, 0.6) is 5.75 Å². The van der Waals surface area contributed by atoms with Crippen LogP contribution < -0.4 is 10.6 Å². The van der Waals surface area contributed by atoms with E-state index >= 15 is 0 Å². The van der Waals surface area contributed by atoms with Crippen LogP contribution in [0, 0.1) is 0 Å². The Hall–Kier alpha value is -2.41. The predicted octanol–water partition coefficient (Wildman–Crippen LogP) is 2.35. The van der Waals surface area contributed by atoms with Gasteiger partial charge in [0, 0.05) is 24.2 Å². The Morgan fingerprint density at radius 1 is 1.17 bits per heavy atom. The van der Waals surface area contributed by atoms with E-state index in [0.29, 0.717) is 30.1 Å². The maximum atomic E-state index is 12.1. The van der Waals surface area contributed by atoms with Crippen molar-refractivity contribution in [2.45, 2.75) is 63.8 Å². The van der Waals surface area contributed by atoms with Crippen LogP contribution in [0.25, 0.3) is 0 Å². The van der Waals surface area contributed by atoms with Crippen LogP contribution in [-0.4, -0.2) is 39.9 Å². The van der Waals surface area contributed by atoms with E-state index in [9.17, 15) is 20.1 Å². The number of hydrogen-bond donors (Lipinski definition) is 5. The SMILES string of the molecule is CC(Cc1cccc(CC(=O)NC2CCC2)c1)NC[C@H](O)c1ccc(O)c(CO)c1. The number of aliphatic hydroxyl groups is 2. The minimum atomic E-state index is -0.736. The van der Waals surface area contributed by atoms with Gasteiger partial charge in [0.25, 0.3) is 0 Å². The Kier molecular flexibility index (Phi) is 7.85. The molecule has 30 heavy (non-hydrogen) atoms. The first-order valence-corrected chi connectivity index (χ1v) is 10.7. The number of hydrogen-bond acceptors (Lipinski definition) is 5. The molecule has 1 aliphatic rings. The number of aliphatic hydroxyl groups excluding tert-OH is 2. The highest BCUT2D eigenvalue weighted by molar-refractivity contribution is 5.79. The quantitative estimate of drug-likeness (QED) is 0.412. The molecule has 0 bridgehead atoms. The number of amides is 1. The van der Waals surface area contributed by atoms with E-state index in [-0.39, 0.29) is 24.3 Å². The summed E-state index contributed by atoms with van der Waals surface area (Å²) in [6.45, 7) is 2.14. The summed E-state index contributed by atoms with van der Waals surface area (Å²) in [5, 5.41) is 35.7. The average Bonchev–Trinajstić information content (AvgIpc) is 2.69. The molecule has 3 rings (SSSR count). The summed E-state index contributed by atoms with van der Waals surface area (Å²) >= 11 is 0. The molecule has 0 saturated heterocycles. The van der Waals surface area contributed by atoms with Gasteiger partial charge in [0.2, 0.25) is 5.91 Å². The van der Waals surface area contributed by atoms with Gasteiger partial charge in [-0.1, -0.05) is 30.3 Å². The lowest BCUT2D eigenvalue weighted by molar-refractivity contribution is -0.121. The summed E-state index contributed by atoms with van der Waals surface area (Å²) < 4.78 is 0. The highest BCUT2D eigenvalue weighted by atomic mass is 16.3. The molecule has 0 aromatic heterocycles. The number of carbonyl (C=O) groups is 1. The van der Waals surface area contributed by atoms with Crippen LogP contribution in [0.4, 0.5) is 0 Å². The normalized spacial score (nSPS) is 16.0. The zero-order valence-electron chi connectivity index (χ0n) is 17.5. The number of nitrogens with one attached hydrogen (secondary N) is 2. The molecule has 1 saturated carbocycles. The fourth-order valence-corrected chi connectivity index (χ4v) is 3.68. The minimum Gasteiger partial charge on any atom is -0.508 e. The van der Waals surface area contributed by atoms with Gasteiger partial charge in [0.05, 0.1) is 19.1 Å². The number of carbonyl (C=O) groups excluding carboxylic acids is 1. The van der Waals surface area contributed by atoms with Gasteiger partial charge in [-0.05, 0) is 61.4 Å². The third kappa shape index (κ3) is 6.29. The zero-order valence-corrected chi connectivity index (χ0v) is 17.5. The second-order valence-corrected chi connectivity index (χ2v) is 8.27. The molecule has 162 valence electrons. The fourth-order valence-electron chi connectivity index (χ4n) is 3.68. The summed E-state index contributed by atoms with van der Waals surface area (Å²) in [4.78, 5) is 12.1. The lowest BCUT2D eigenvalue weighted by Crippen LogP contribution is -2.40. The Balaban J connectivity index is 1.48. The third-order valence-electron chi connectivity index (χ3n) is 5.69. The molecule has 0 heterocycles. The van der Waals surface area contributed by atoms with Crippen molar-refractivity contribution in [2.75, 3.05) is 6.54 Å². The Bertz CT molecular complexity index is 851. The van der Waals surface area contributed by atoms with Crippen molar-refractivity contribution in [3.63, 3.8) is 0 Å². The first-order chi connectivity index (χ1) is 14.4. The van der Waals surface area contributed by atoms with Crippen molar-refractivity contribution >= 4 is 5.91 Å². The summed E-state index contributed by atoms with van der Waals surface area (Å²) in [6, 6.07) is 13.3. The molecule has 5 N–H and O–H groups in total. The van der Waals surface area contributed by atoms with Crippen molar-refractivity contribution in [3.05, 3.63) is 64.7 Å². The van der Waals surface area contributed by atoms with Crippen LogP contribution in [-0.2, 0) is 24.2 Å². The molecule has 1 unspecified atom stereocenters. The van der Waals surface area contributed by atoms with Crippen molar-refractivity contribution in [1.82, 2.24) is 10.6 Å². The molecule has 0 spiro atoms. The minimum absolute atomic E-state index is 0.0241. The average molecular weight is 413 g/mol. The van der Waals surface area contributed by atoms with E-state index in [2.05, 4.69) is 29.7 Å². The molecule has 1 amide bonds. The highest BCUT2D eigenvalue weighted by Gasteiger charge is 2.19. The molecular weight excluding hydrogens is 380 g/mol. The topological polar surface area (TPSA) is 102 Å². The van der Waals surface area contributed by atoms with Crippen molar-refractivity contribution in [3.8, 4) is 5.75 Å². The standard InChI is InChI=1S/C24H32N2O4/c1-16(25-14-23(29)19-8-9-22(28)20(13-19)15-27)10-17-4-2-5-18(11-17)12-24(30)26-21-6-3-7-21/h2,4-5,8-9,11,13,16,21,23,25,27-29H,3,6-7,10,12,14-15H2,1H3,(H,26,30)/t16?,23-/m0/s1. The number of aromatic hydroxyl groups is 1. The fraction of sp³-hybridized carbons (Fsp3) is 0.458. The van der Waals surface area contributed by atoms with E-state index < -0.39 is 6.10 Å². The van der Waals surface area contributed by atoms with Gasteiger partial charge in [0.15, 0.2) is 0 Å². The molecule has 6 nitrogen and oxygen atoms in total. The van der Waals surface area contributed by atoms with Gasteiger partial charge in [-0.25, -0.2) is 0 Å². The Morgan fingerprint density at radius 3 is 2.63 bits per heavy atom. The smallest absolute Gasteiger partial charge is 0.224 e. The highest BCUT2D eigenvalue weighted by Crippen LogP contribution is 2.22. The summed E-state index contributed by atoms with van der Waals surface area (Å²) in [5.74, 6) is 0.110. The van der Waals surface area contributed by atoms with Gasteiger partial charge in [-0.2, -0.15) is 0 Å². The van der Waals surface area contributed by atoms with E-state index in [1.807, 2.05) is 12.1 Å². The van der Waals surface area contributed by atoms with Gasteiger partial charge in [-0.3, -0.25) is 4.79 Å². The summed E-state index contributed by atoms with van der Waals surface area (Å²) in [7, 11) is 0. The molecule has 2 aromatic carbocycles. The van der Waals surface area contributed by atoms with Crippen molar-refractivity contribution in [2.24, 2.45) is 0 Å². The van der Waals surface area contributed by atoms with E-state index in [1.165, 1.54) is 12.5 Å². The Labute approximate surface area is 178 Å². The second kappa shape index (κ2) is 10.6. The van der Waals surface area contributed by atoms with E-state index in [0.717, 1.165) is 30.4 Å². The second-order valence-electron chi connectivity index (χ2n) is 8.27. The van der Waals surface area contributed by atoms with Crippen LogP contribution in [0.15, 0.2) is 42.5 Å². The molecule has 0 aliphatic heterocycles. The summed E-state index contributed by atoms with van der Waals surface area (Å²) in [6.07, 6.45) is 3.83. The first kappa shape index (κ1) is 22.3. The molecule has 0 radical (unpaired) electrons. The molecule has 2 atom stereocenters. The van der Waals surface area contributed by atoms with Crippen LogP contribution in [0.1, 0.15) is 54.5 Å². The van der Waals surface area contributed by atoms with Gasteiger partial charge in [0.1, 0.15) is 5.75 Å². The number of phenols is 1. The van der Waals surface area contributed by atoms with E-state index in [4.69, 9.17) is 0 Å². The van der Waals surface area contributed by atoms with Gasteiger partial charge < -0.3 is 26.0 Å². The lowest BCUT2D eigenvalue weighted by atomic mass is 9.93. The first-order valence-electron chi connectivity index (χ1n) is 10.7. The maximum absolute atomic E-state index is 12.1. The van der Waals surface area contributed by atoms with Gasteiger partial charge >= 0.3 is 0 Å². The van der Waals surface area contributed by atoms with Crippen LogP contribution in [0.3, 0.4) is 0 Å². The van der Waals surface area contributed by atoms with Gasteiger partial charge in [-0.15, -0.1) is 0 Å². The maximum Gasteiger partial charge on any atom is 0.224 e. The monoisotopic (exact) mass is 412 g/mol. The third-order valence-corrected chi connectivity index (χ3v) is 5.69. The van der Waals surface area contributed by atoms with Crippen LogP contribution in [0.2, 0.25) is 0 Å². The molecular formula is C24H32N2O4. The largest absolute Gasteiger partial charge is 0.508 e. The van der Waals surface area contributed by atoms with Crippen molar-refractivity contribution in [1.29, 1.82) is 0 Å². The molecule has 2 aromatic rings. The molecule has 1 fully saturated rings. The van der Waals surface area contributed by atoms with Crippen LogP contribution >= 0.6 is 0 Å².